The van der Waals surface area contributed by atoms with Crippen molar-refractivity contribution < 1.29 is 8.42 Å². The SMILES string of the molecule is CNC1c2ccccc2CCCC1N(C)CCS(C)(=O)=O. The van der Waals surface area contributed by atoms with Gasteiger partial charge in [0.25, 0.3) is 0 Å². The van der Waals surface area contributed by atoms with Gasteiger partial charge in [0.2, 0.25) is 0 Å². The van der Waals surface area contributed by atoms with Gasteiger partial charge in [-0.1, -0.05) is 24.3 Å². The van der Waals surface area contributed by atoms with E-state index in [1.807, 2.05) is 14.1 Å². The van der Waals surface area contributed by atoms with Crippen LogP contribution in [0.4, 0.5) is 0 Å². The lowest BCUT2D eigenvalue weighted by atomic mass is 9.95. The van der Waals surface area contributed by atoms with E-state index >= 15 is 0 Å². The van der Waals surface area contributed by atoms with Crippen molar-refractivity contribution in [1.82, 2.24) is 10.2 Å². The molecule has 1 N–H and O–H groups in total. The lowest BCUT2D eigenvalue weighted by Gasteiger charge is -2.34. The molecular weight excluding hydrogens is 284 g/mol. The van der Waals surface area contributed by atoms with E-state index in [4.69, 9.17) is 0 Å². The first kappa shape index (κ1) is 16.5. The van der Waals surface area contributed by atoms with Crippen LogP contribution in [0.1, 0.15) is 30.0 Å². The monoisotopic (exact) mass is 310 g/mol. The number of benzene rings is 1. The molecule has 1 aromatic rings. The summed E-state index contributed by atoms with van der Waals surface area (Å²) < 4.78 is 22.8. The van der Waals surface area contributed by atoms with Crippen molar-refractivity contribution in [3.63, 3.8) is 0 Å². The highest BCUT2D eigenvalue weighted by Gasteiger charge is 2.29. The first-order valence-corrected chi connectivity index (χ1v) is 9.61. The van der Waals surface area contributed by atoms with Gasteiger partial charge in [0, 0.05) is 24.9 Å². The highest BCUT2D eigenvalue weighted by atomic mass is 32.2. The van der Waals surface area contributed by atoms with Crippen LogP contribution < -0.4 is 5.32 Å². The van der Waals surface area contributed by atoms with Crippen molar-refractivity contribution in [2.45, 2.75) is 31.3 Å². The second-order valence-corrected chi connectivity index (χ2v) is 8.29. The van der Waals surface area contributed by atoms with Crippen LogP contribution in [0.2, 0.25) is 0 Å². The summed E-state index contributed by atoms with van der Waals surface area (Å²) >= 11 is 0. The van der Waals surface area contributed by atoms with Crippen LogP contribution in [0.3, 0.4) is 0 Å². The highest BCUT2D eigenvalue weighted by molar-refractivity contribution is 7.90. The van der Waals surface area contributed by atoms with Gasteiger partial charge >= 0.3 is 0 Å². The van der Waals surface area contributed by atoms with Crippen molar-refractivity contribution in [1.29, 1.82) is 0 Å². The van der Waals surface area contributed by atoms with Crippen LogP contribution in [0.5, 0.6) is 0 Å². The van der Waals surface area contributed by atoms with E-state index in [0.29, 0.717) is 12.6 Å². The van der Waals surface area contributed by atoms with Crippen molar-refractivity contribution in [3.8, 4) is 0 Å². The number of nitrogens with one attached hydrogen (secondary N) is 1. The number of hydrogen-bond acceptors (Lipinski definition) is 4. The fraction of sp³-hybridized carbons (Fsp3) is 0.625. The molecule has 2 atom stereocenters. The van der Waals surface area contributed by atoms with E-state index in [1.54, 1.807) is 0 Å². The average molecular weight is 310 g/mol. The molecule has 0 aromatic heterocycles. The summed E-state index contributed by atoms with van der Waals surface area (Å²) in [6.07, 6.45) is 4.63. The topological polar surface area (TPSA) is 49.4 Å². The predicted octanol–water partition coefficient (Wildman–Crippen LogP) is 1.63. The number of rotatable bonds is 5. The molecule has 0 amide bonds. The van der Waals surface area contributed by atoms with Crippen molar-refractivity contribution in [3.05, 3.63) is 35.4 Å². The zero-order valence-corrected chi connectivity index (χ0v) is 14.0. The van der Waals surface area contributed by atoms with Gasteiger partial charge in [-0.3, -0.25) is 0 Å². The van der Waals surface area contributed by atoms with E-state index in [1.165, 1.54) is 17.4 Å². The molecular formula is C16H26N2O2S. The van der Waals surface area contributed by atoms with Crippen molar-refractivity contribution in [2.24, 2.45) is 0 Å². The summed E-state index contributed by atoms with van der Waals surface area (Å²) in [6, 6.07) is 9.17. The molecule has 4 nitrogen and oxygen atoms in total. The molecule has 0 saturated carbocycles. The second kappa shape index (κ2) is 6.90. The summed E-state index contributed by atoms with van der Waals surface area (Å²) in [5, 5.41) is 3.44. The van der Waals surface area contributed by atoms with Gasteiger partial charge in [-0.2, -0.15) is 0 Å². The standard InChI is InChI=1S/C16H26N2O2S/c1-17-16-14-9-5-4-7-13(14)8-6-10-15(16)18(2)11-12-21(3,19)20/h4-5,7,9,15-17H,6,8,10-12H2,1-3H3. The zero-order chi connectivity index (χ0) is 15.5. The van der Waals surface area contributed by atoms with Gasteiger partial charge in [0.1, 0.15) is 9.84 Å². The van der Waals surface area contributed by atoms with E-state index in [2.05, 4.69) is 34.5 Å². The smallest absolute Gasteiger partial charge is 0.148 e. The van der Waals surface area contributed by atoms with Gasteiger partial charge in [-0.05, 0) is 44.5 Å². The number of likely N-dealkylation sites (N-methyl/N-ethyl adjacent to an activating group) is 2. The van der Waals surface area contributed by atoms with Gasteiger partial charge in [0.05, 0.1) is 5.75 Å². The summed E-state index contributed by atoms with van der Waals surface area (Å²) in [5.74, 6) is 0.220. The normalized spacial score (nSPS) is 22.9. The number of sulfone groups is 1. The Kier molecular flexibility index (Phi) is 5.41. The lowest BCUT2D eigenvalue weighted by molar-refractivity contribution is 0.196. The second-order valence-electron chi connectivity index (χ2n) is 6.04. The zero-order valence-electron chi connectivity index (χ0n) is 13.2. The Morgan fingerprint density at radius 3 is 2.71 bits per heavy atom. The summed E-state index contributed by atoms with van der Waals surface area (Å²) in [5.41, 5.74) is 2.77. The third-order valence-electron chi connectivity index (χ3n) is 4.41. The summed E-state index contributed by atoms with van der Waals surface area (Å²) in [7, 11) is 1.11. The molecule has 0 heterocycles. The van der Waals surface area contributed by atoms with Crippen LogP contribution in [0, 0.1) is 0 Å². The van der Waals surface area contributed by atoms with E-state index in [9.17, 15) is 8.42 Å². The Morgan fingerprint density at radius 1 is 1.33 bits per heavy atom. The largest absolute Gasteiger partial charge is 0.312 e. The highest BCUT2D eigenvalue weighted by Crippen LogP contribution is 2.31. The molecule has 0 fully saturated rings. The maximum absolute atomic E-state index is 11.4. The molecule has 5 heteroatoms. The predicted molar refractivity (Wildman–Crippen MR) is 87.3 cm³/mol. The fourth-order valence-corrected chi connectivity index (χ4v) is 3.86. The Bertz CT molecular complexity index is 571. The van der Waals surface area contributed by atoms with E-state index < -0.39 is 9.84 Å². The Morgan fingerprint density at radius 2 is 2.05 bits per heavy atom. The minimum atomic E-state index is -2.91. The number of fused-ring (bicyclic) bond motifs is 1. The maximum Gasteiger partial charge on any atom is 0.148 e. The molecule has 0 aliphatic heterocycles. The lowest BCUT2D eigenvalue weighted by Crippen LogP contribution is -2.43. The molecule has 118 valence electrons. The molecule has 1 aliphatic carbocycles. The van der Waals surface area contributed by atoms with Crippen LogP contribution in [0.15, 0.2) is 24.3 Å². The third-order valence-corrected chi connectivity index (χ3v) is 5.34. The molecule has 2 rings (SSSR count). The average Bonchev–Trinajstić information content (AvgIpc) is 2.62. The summed E-state index contributed by atoms with van der Waals surface area (Å²) in [6.45, 7) is 0.587. The van der Waals surface area contributed by atoms with Gasteiger partial charge in [0.15, 0.2) is 0 Å². The van der Waals surface area contributed by atoms with Crippen molar-refractivity contribution >= 4 is 9.84 Å². The van der Waals surface area contributed by atoms with E-state index in [0.717, 1.165) is 19.3 Å². The quantitative estimate of drug-likeness (QED) is 0.840. The van der Waals surface area contributed by atoms with E-state index in [-0.39, 0.29) is 11.8 Å². The fourth-order valence-electron chi connectivity index (χ4n) is 3.24. The number of aryl methyl sites for hydroxylation is 1. The Labute approximate surface area is 128 Å². The number of hydrogen-bond donors (Lipinski definition) is 1. The molecule has 2 unspecified atom stereocenters. The van der Waals surface area contributed by atoms with Gasteiger partial charge < -0.3 is 10.2 Å². The first-order chi connectivity index (χ1) is 9.92. The van der Waals surface area contributed by atoms with Crippen LogP contribution >= 0.6 is 0 Å². The minimum absolute atomic E-state index is 0.220. The van der Waals surface area contributed by atoms with Gasteiger partial charge in [-0.15, -0.1) is 0 Å². The van der Waals surface area contributed by atoms with Crippen molar-refractivity contribution in [2.75, 3.05) is 32.6 Å². The van der Waals surface area contributed by atoms with Crippen LogP contribution in [-0.4, -0.2) is 52.0 Å². The van der Waals surface area contributed by atoms with Gasteiger partial charge in [-0.25, -0.2) is 8.42 Å². The molecule has 1 aliphatic rings. The maximum atomic E-state index is 11.4. The summed E-state index contributed by atoms with van der Waals surface area (Å²) in [4.78, 5) is 2.20. The first-order valence-electron chi connectivity index (χ1n) is 7.55. The molecule has 21 heavy (non-hydrogen) atoms. The minimum Gasteiger partial charge on any atom is -0.312 e. The number of nitrogens with zero attached hydrogens (tertiary/aromatic N) is 1. The molecule has 0 bridgehead atoms. The Hall–Kier alpha value is -0.910. The third kappa shape index (κ3) is 4.28. The molecule has 0 spiro atoms. The van der Waals surface area contributed by atoms with Crippen LogP contribution in [-0.2, 0) is 16.3 Å². The van der Waals surface area contributed by atoms with Crippen LogP contribution in [0.25, 0.3) is 0 Å². The Balaban J connectivity index is 2.19. The molecule has 1 aromatic carbocycles. The molecule has 0 radical (unpaired) electrons. The molecule has 0 saturated heterocycles.